The third-order valence-electron chi connectivity index (χ3n) is 1.98. The van der Waals surface area contributed by atoms with Crippen LogP contribution in [0.25, 0.3) is 0 Å². The molecule has 0 unspecified atom stereocenters. The molecule has 0 aliphatic rings. The third kappa shape index (κ3) is 5.12. The van der Waals surface area contributed by atoms with E-state index in [1.54, 1.807) is 0 Å². The van der Waals surface area contributed by atoms with Crippen LogP contribution in [0, 0.1) is 0 Å². The van der Waals surface area contributed by atoms with Gasteiger partial charge in [-0.1, -0.05) is 6.07 Å². The maximum atomic E-state index is 5.64. The average Bonchev–Trinajstić information content (AvgIpc) is 2.41. The molecular formula is C12H18O3S3. The Morgan fingerprint density at radius 1 is 0.722 bits per heavy atom. The van der Waals surface area contributed by atoms with E-state index < -0.39 is 0 Å². The molecule has 1 aromatic carbocycles. The van der Waals surface area contributed by atoms with Crippen LogP contribution in [-0.2, 0) is 0 Å². The fraction of sp³-hybridized carbons (Fsp3) is 0.500. The molecule has 1 aromatic rings. The molecule has 0 aliphatic carbocycles. The minimum absolute atomic E-state index is 0.502. The van der Waals surface area contributed by atoms with Gasteiger partial charge in [0, 0.05) is 17.3 Å². The van der Waals surface area contributed by atoms with E-state index in [0.717, 1.165) is 0 Å². The molecule has 6 heteroatoms. The first-order chi connectivity index (χ1) is 8.83. The van der Waals surface area contributed by atoms with Gasteiger partial charge in [0.2, 0.25) is 5.75 Å². The second-order valence-corrected chi connectivity index (χ2v) is 4.64. The Labute approximate surface area is 124 Å². The average molecular weight is 306 g/mol. The van der Waals surface area contributed by atoms with Crippen molar-refractivity contribution in [1.29, 1.82) is 0 Å². The van der Waals surface area contributed by atoms with Gasteiger partial charge in [0.05, 0.1) is 19.8 Å². The second kappa shape index (κ2) is 9.58. The molecule has 0 saturated heterocycles. The fourth-order valence-electron chi connectivity index (χ4n) is 1.32. The largest absolute Gasteiger partial charge is 0.489 e. The van der Waals surface area contributed by atoms with E-state index in [9.17, 15) is 0 Å². The van der Waals surface area contributed by atoms with E-state index in [0.29, 0.717) is 54.3 Å². The zero-order valence-electron chi connectivity index (χ0n) is 10.0. The quantitative estimate of drug-likeness (QED) is 0.612. The van der Waals surface area contributed by atoms with E-state index in [1.807, 2.05) is 18.2 Å². The van der Waals surface area contributed by atoms with Gasteiger partial charge in [-0.2, -0.15) is 37.9 Å². The SMILES string of the molecule is SCCOc1cccc(OCCS)c1OCCS. The van der Waals surface area contributed by atoms with Crippen LogP contribution in [0.15, 0.2) is 18.2 Å². The normalized spacial score (nSPS) is 10.2. The van der Waals surface area contributed by atoms with E-state index in [1.165, 1.54) is 0 Å². The summed E-state index contributed by atoms with van der Waals surface area (Å²) in [6, 6.07) is 5.57. The van der Waals surface area contributed by atoms with Crippen molar-refractivity contribution in [3.8, 4) is 17.2 Å². The summed E-state index contributed by atoms with van der Waals surface area (Å²) in [6.07, 6.45) is 0. The van der Waals surface area contributed by atoms with Gasteiger partial charge in [-0.3, -0.25) is 0 Å². The van der Waals surface area contributed by atoms with Crippen LogP contribution in [-0.4, -0.2) is 37.1 Å². The zero-order valence-corrected chi connectivity index (χ0v) is 12.7. The standard InChI is InChI=1S/C12H18O3S3/c16-7-4-13-10-2-1-3-11(14-5-8-17)12(10)15-6-9-18/h1-3,16-18H,4-9H2. The van der Waals surface area contributed by atoms with E-state index >= 15 is 0 Å². The van der Waals surface area contributed by atoms with Gasteiger partial charge >= 0.3 is 0 Å². The Morgan fingerprint density at radius 3 is 1.61 bits per heavy atom. The number of benzene rings is 1. The highest BCUT2D eigenvalue weighted by Gasteiger charge is 2.12. The van der Waals surface area contributed by atoms with Crippen molar-refractivity contribution >= 4 is 37.9 Å². The Kier molecular flexibility index (Phi) is 8.37. The van der Waals surface area contributed by atoms with Crippen molar-refractivity contribution in [1.82, 2.24) is 0 Å². The Balaban J connectivity index is 2.85. The number of ether oxygens (including phenoxy) is 3. The summed E-state index contributed by atoms with van der Waals surface area (Å²) < 4.78 is 16.8. The van der Waals surface area contributed by atoms with Crippen molar-refractivity contribution in [3.05, 3.63) is 18.2 Å². The maximum Gasteiger partial charge on any atom is 0.203 e. The van der Waals surface area contributed by atoms with Gasteiger partial charge in [-0.25, -0.2) is 0 Å². The smallest absolute Gasteiger partial charge is 0.203 e. The summed E-state index contributed by atoms with van der Waals surface area (Å²) in [5.74, 6) is 3.88. The minimum atomic E-state index is 0.502. The van der Waals surface area contributed by atoms with Crippen LogP contribution < -0.4 is 14.2 Å². The lowest BCUT2D eigenvalue weighted by atomic mass is 10.3. The molecule has 0 N–H and O–H groups in total. The topological polar surface area (TPSA) is 27.7 Å². The molecular weight excluding hydrogens is 288 g/mol. The fourth-order valence-corrected chi connectivity index (χ4v) is 1.60. The first-order valence-electron chi connectivity index (χ1n) is 5.67. The van der Waals surface area contributed by atoms with Gasteiger partial charge in [0.25, 0.3) is 0 Å². The van der Waals surface area contributed by atoms with E-state index in [4.69, 9.17) is 14.2 Å². The molecule has 18 heavy (non-hydrogen) atoms. The molecule has 102 valence electrons. The highest BCUT2D eigenvalue weighted by atomic mass is 32.1. The number of hydrogen-bond acceptors (Lipinski definition) is 6. The first kappa shape index (κ1) is 15.7. The number of thiol groups is 3. The monoisotopic (exact) mass is 306 g/mol. The van der Waals surface area contributed by atoms with Gasteiger partial charge in [-0.05, 0) is 12.1 Å². The number of para-hydroxylation sites is 1. The van der Waals surface area contributed by atoms with Gasteiger partial charge in [-0.15, -0.1) is 0 Å². The highest BCUT2D eigenvalue weighted by molar-refractivity contribution is 7.80. The van der Waals surface area contributed by atoms with Gasteiger partial charge in [0.15, 0.2) is 11.5 Å². The molecule has 0 saturated carbocycles. The molecule has 0 fully saturated rings. The van der Waals surface area contributed by atoms with Crippen molar-refractivity contribution in [2.75, 3.05) is 37.1 Å². The first-order valence-corrected chi connectivity index (χ1v) is 7.57. The molecule has 0 atom stereocenters. The van der Waals surface area contributed by atoms with Gasteiger partial charge < -0.3 is 14.2 Å². The zero-order chi connectivity index (χ0) is 13.2. The molecule has 0 amide bonds. The molecule has 0 heterocycles. The summed E-state index contributed by atoms with van der Waals surface area (Å²) >= 11 is 12.4. The predicted molar refractivity (Wildman–Crippen MR) is 84.5 cm³/mol. The Morgan fingerprint density at radius 2 is 1.17 bits per heavy atom. The minimum Gasteiger partial charge on any atom is -0.489 e. The molecule has 0 bridgehead atoms. The van der Waals surface area contributed by atoms with Crippen LogP contribution in [0.1, 0.15) is 0 Å². The Bertz CT molecular complexity index is 321. The highest BCUT2D eigenvalue weighted by Crippen LogP contribution is 2.37. The van der Waals surface area contributed by atoms with E-state index in [-0.39, 0.29) is 0 Å². The molecule has 1 rings (SSSR count). The predicted octanol–water partition coefficient (Wildman–Crippen LogP) is 2.61. The lowest BCUT2D eigenvalue weighted by Gasteiger charge is -2.15. The second-order valence-electron chi connectivity index (χ2n) is 3.30. The molecule has 0 spiro atoms. The summed E-state index contributed by atoms with van der Waals surface area (Å²) in [5.41, 5.74) is 0. The maximum absolute atomic E-state index is 5.64. The Hall–Kier alpha value is -0.330. The van der Waals surface area contributed by atoms with Crippen LogP contribution in [0.5, 0.6) is 17.2 Å². The van der Waals surface area contributed by atoms with Crippen molar-refractivity contribution < 1.29 is 14.2 Å². The molecule has 0 radical (unpaired) electrons. The van der Waals surface area contributed by atoms with Crippen LogP contribution in [0.4, 0.5) is 0 Å². The third-order valence-corrected chi connectivity index (χ3v) is 2.53. The van der Waals surface area contributed by atoms with Crippen LogP contribution in [0.2, 0.25) is 0 Å². The number of hydrogen-bond donors (Lipinski definition) is 3. The van der Waals surface area contributed by atoms with Gasteiger partial charge in [0.1, 0.15) is 0 Å². The van der Waals surface area contributed by atoms with Crippen LogP contribution >= 0.6 is 37.9 Å². The summed E-state index contributed by atoms with van der Waals surface area (Å²) in [4.78, 5) is 0. The number of rotatable bonds is 9. The van der Waals surface area contributed by atoms with Crippen LogP contribution in [0.3, 0.4) is 0 Å². The van der Waals surface area contributed by atoms with Crippen molar-refractivity contribution in [2.45, 2.75) is 0 Å². The summed E-state index contributed by atoms with van der Waals surface area (Å²) in [7, 11) is 0. The lowest BCUT2D eigenvalue weighted by Crippen LogP contribution is -2.07. The molecule has 0 aliphatic heterocycles. The van der Waals surface area contributed by atoms with Crippen molar-refractivity contribution in [2.24, 2.45) is 0 Å². The van der Waals surface area contributed by atoms with E-state index in [2.05, 4.69) is 37.9 Å². The molecule has 3 nitrogen and oxygen atoms in total. The van der Waals surface area contributed by atoms with Crippen molar-refractivity contribution in [3.63, 3.8) is 0 Å². The summed E-state index contributed by atoms with van der Waals surface area (Å²) in [6.45, 7) is 1.55. The lowest BCUT2D eigenvalue weighted by molar-refractivity contribution is 0.264. The molecule has 0 aromatic heterocycles. The summed E-state index contributed by atoms with van der Waals surface area (Å²) in [5, 5.41) is 0.